The van der Waals surface area contributed by atoms with Gasteiger partial charge < -0.3 is 24.5 Å². The summed E-state index contributed by atoms with van der Waals surface area (Å²) in [4.78, 5) is 18.7. The van der Waals surface area contributed by atoms with Crippen LogP contribution in [0.5, 0.6) is 5.75 Å². The molecule has 0 saturated carbocycles. The Labute approximate surface area is 190 Å². The normalized spacial score (nSPS) is 15.8. The van der Waals surface area contributed by atoms with Crippen LogP contribution < -0.4 is 15.4 Å². The van der Waals surface area contributed by atoms with Crippen LogP contribution >= 0.6 is 0 Å². The average molecular weight is 443 g/mol. The molecule has 1 aliphatic heterocycles. The largest absolute Gasteiger partial charge is 0.497 e. The molecule has 32 heavy (non-hydrogen) atoms. The number of likely N-dealkylation sites (tertiary alicyclic amines) is 1. The predicted molar refractivity (Wildman–Crippen MR) is 124 cm³/mol. The van der Waals surface area contributed by atoms with Crippen LogP contribution in [0.2, 0.25) is 0 Å². The van der Waals surface area contributed by atoms with E-state index in [1.54, 1.807) is 27.1 Å². The number of carbonyl (C=O) groups is 1. The first-order valence-electron chi connectivity index (χ1n) is 11.1. The van der Waals surface area contributed by atoms with E-state index in [0.717, 1.165) is 25.4 Å². The number of hydrogen-bond donors (Lipinski definition) is 2. The number of guanidine groups is 1. The Morgan fingerprint density at radius 2 is 1.88 bits per heavy atom. The number of aryl methyl sites for hydroxylation is 1. The van der Waals surface area contributed by atoms with Crippen molar-refractivity contribution in [2.45, 2.75) is 38.8 Å². The van der Waals surface area contributed by atoms with Crippen molar-refractivity contribution in [1.82, 2.24) is 15.5 Å². The Morgan fingerprint density at radius 1 is 1.16 bits per heavy atom. The molecule has 1 aromatic carbocycles. The second-order valence-electron chi connectivity index (χ2n) is 7.87. The van der Waals surface area contributed by atoms with Gasteiger partial charge in [0.2, 0.25) is 0 Å². The zero-order valence-electron chi connectivity index (χ0n) is 19.4. The maximum absolute atomic E-state index is 11.8. The van der Waals surface area contributed by atoms with E-state index < -0.39 is 5.97 Å². The molecule has 8 heteroatoms. The summed E-state index contributed by atoms with van der Waals surface area (Å²) in [6.45, 7) is 5.06. The molecule has 2 aromatic rings. The van der Waals surface area contributed by atoms with E-state index in [1.807, 2.05) is 12.1 Å². The number of rotatable bonds is 8. The summed E-state index contributed by atoms with van der Waals surface area (Å²) in [6.07, 6.45) is 3.73. The minimum Gasteiger partial charge on any atom is -0.497 e. The van der Waals surface area contributed by atoms with Crippen LogP contribution in [0.25, 0.3) is 0 Å². The summed E-state index contributed by atoms with van der Waals surface area (Å²) >= 11 is 0. The van der Waals surface area contributed by atoms with Crippen LogP contribution in [0.1, 0.15) is 52.7 Å². The van der Waals surface area contributed by atoms with Gasteiger partial charge >= 0.3 is 5.97 Å². The van der Waals surface area contributed by atoms with Gasteiger partial charge in [0.05, 0.1) is 26.8 Å². The number of piperidine rings is 1. The fourth-order valence-electron chi connectivity index (χ4n) is 4.04. The van der Waals surface area contributed by atoms with Crippen molar-refractivity contribution in [3.8, 4) is 5.75 Å². The van der Waals surface area contributed by atoms with Crippen molar-refractivity contribution in [2.24, 2.45) is 4.99 Å². The number of aliphatic imine (C=N–C) groups is 1. The Kier molecular flexibility index (Phi) is 8.56. The molecule has 0 radical (unpaired) electrons. The van der Waals surface area contributed by atoms with Crippen LogP contribution in [-0.4, -0.2) is 57.7 Å². The summed E-state index contributed by atoms with van der Waals surface area (Å²) in [6, 6.07) is 10.2. The number of carbonyl (C=O) groups excluding carboxylic acids is 1. The van der Waals surface area contributed by atoms with Crippen molar-refractivity contribution >= 4 is 11.9 Å². The van der Waals surface area contributed by atoms with Gasteiger partial charge in [0.25, 0.3) is 0 Å². The molecule has 2 N–H and O–H groups in total. The third kappa shape index (κ3) is 6.03. The molecule has 0 spiro atoms. The van der Waals surface area contributed by atoms with Gasteiger partial charge in [-0.25, -0.2) is 4.79 Å². The van der Waals surface area contributed by atoms with E-state index in [0.29, 0.717) is 29.6 Å². The fourth-order valence-corrected chi connectivity index (χ4v) is 4.04. The molecule has 1 fully saturated rings. The molecule has 1 aliphatic rings. The molecule has 3 rings (SSSR count). The fraction of sp³-hybridized carbons (Fsp3) is 0.500. The van der Waals surface area contributed by atoms with E-state index in [-0.39, 0.29) is 6.04 Å². The number of furan rings is 1. The highest BCUT2D eigenvalue weighted by Gasteiger charge is 2.23. The van der Waals surface area contributed by atoms with Crippen molar-refractivity contribution in [2.75, 3.05) is 40.9 Å². The lowest BCUT2D eigenvalue weighted by Gasteiger charge is -2.35. The quantitative estimate of drug-likeness (QED) is 0.368. The van der Waals surface area contributed by atoms with E-state index in [4.69, 9.17) is 13.9 Å². The first kappa shape index (κ1) is 23.7. The second-order valence-corrected chi connectivity index (χ2v) is 7.87. The molecule has 0 bridgehead atoms. The van der Waals surface area contributed by atoms with Gasteiger partial charge in [0.1, 0.15) is 22.8 Å². The molecular weight excluding hydrogens is 408 g/mol. The number of benzene rings is 1. The lowest BCUT2D eigenvalue weighted by Crippen LogP contribution is -2.44. The maximum atomic E-state index is 11.8. The molecule has 8 nitrogen and oxygen atoms in total. The first-order chi connectivity index (χ1) is 15.5. The Morgan fingerprint density at radius 3 is 2.50 bits per heavy atom. The molecule has 0 aliphatic carbocycles. The van der Waals surface area contributed by atoms with Crippen LogP contribution in [0, 0.1) is 6.92 Å². The molecule has 174 valence electrons. The van der Waals surface area contributed by atoms with Gasteiger partial charge in [-0.3, -0.25) is 9.89 Å². The summed E-state index contributed by atoms with van der Waals surface area (Å²) in [5, 5.41) is 6.72. The smallest absolute Gasteiger partial charge is 0.341 e. The topological polar surface area (TPSA) is 88.3 Å². The average Bonchev–Trinajstić information content (AvgIpc) is 3.22. The van der Waals surface area contributed by atoms with Gasteiger partial charge in [-0.15, -0.1) is 0 Å². The Hall–Kier alpha value is -3.00. The molecule has 0 amide bonds. The minimum absolute atomic E-state index is 0.233. The highest BCUT2D eigenvalue weighted by Crippen LogP contribution is 2.26. The van der Waals surface area contributed by atoms with E-state index in [2.05, 4.69) is 32.7 Å². The summed E-state index contributed by atoms with van der Waals surface area (Å²) in [5.41, 5.74) is 1.69. The van der Waals surface area contributed by atoms with Gasteiger partial charge in [0.15, 0.2) is 5.96 Å². The highest BCUT2D eigenvalue weighted by molar-refractivity contribution is 5.90. The standard InChI is InChI=1S/C24H34N4O4/c1-17-21(23(29)31-4)14-20(32-17)15-26-24(25-2)27-16-22(28-12-6-5-7-13-28)18-8-10-19(30-3)11-9-18/h8-11,14,22H,5-7,12-13,15-16H2,1-4H3,(H2,25,26,27). The van der Waals surface area contributed by atoms with Gasteiger partial charge in [-0.2, -0.15) is 0 Å². The molecular formula is C24H34N4O4. The molecule has 1 aromatic heterocycles. The van der Waals surface area contributed by atoms with E-state index in [9.17, 15) is 4.79 Å². The minimum atomic E-state index is -0.399. The Balaban J connectivity index is 1.63. The van der Waals surface area contributed by atoms with Crippen molar-refractivity contribution in [1.29, 1.82) is 0 Å². The van der Waals surface area contributed by atoms with Crippen LogP contribution in [0.15, 0.2) is 39.7 Å². The number of esters is 1. The number of methoxy groups -OCH3 is 2. The van der Waals surface area contributed by atoms with Gasteiger partial charge in [0, 0.05) is 13.6 Å². The molecule has 1 saturated heterocycles. The second kappa shape index (κ2) is 11.6. The number of nitrogens with one attached hydrogen (secondary N) is 2. The SMILES string of the molecule is CN=C(NCc1cc(C(=O)OC)c(C)o1)NCC(c1ccc(OC)cc1)N1CCCCC1. The number of ether oxygens (including phenoxy) is 2. The van der Waals surface area contributed by atoms with Gasteiger partial charge in [-0.05, 0) is 56.6 Å². The molecule has 1 unspecified atom stereocenters. The lowest BCUT2D eigenvalue weighted by molar-refractivity contribution is 0.0599. The van der Waals surface area contributed by atoms with Crippen LogP contribution in [-0.2, 0) is 11.3 Å². The summed E-state index contributed by atoms with van der Waals surface area (Å²) in [7, 11) is 4.79. The van der Waals surface area contributed by atoms with E-state index >= 15 is 0 Å². The van der Waals surface area contributed by atoms with Crippen LogP contribution in [0.4, 0.5) is 0 Å². The van der Waals surface area contributed by atoms with Crippen molar-refractivity contribution < 1.29 is 18.7 Å². The van der Waals surface area contributed by atoms with Crippen LogP contribution in [0.3, 0.4) is 0 Å². The third-order valence-corrected chi connectivity index (χ3v) is 5.82. The summed E-state index contributed by atoms with van der Waals surface area (Å²) in [5.74, 6) is 2.32. The Bertz CT molecular complexity index is 901. The first-order valence-corrected chi connectivity index (χ1v) is 11.1. The third-order valence-electron chi connectivity index (χ3n) is 5.82. The maximum Gasteiger partial charge on any atom is 0.341 e. The van der Waals surface area contributed by atoms with Gasteiger partial charge in [-0.1, -0.05) is 18.6 Å². The lowest BCUT2D eigenvalue weighted by atomic mass is 10.0. The summed E-state index contributed by atoms with van der Waals surface area (Å²) < 4.78 is 15.8. The highest BCUT2D eigenvalue weighted by atomic mass is 16.5. The van der Waals surface area contributed by atoms with Crippen molar-refractivity contribution in [3.05, 3.63) is 53.0 Å². The molecule has 1 atom stereocenters. The van der Waals surface area contributed by atoms with E-state index in [1.165, 1.54) is 31.9 Å². The monoisotopic (exact) mass is 442 g/mol. The molecule has 2 heterocycles. The zero-order chi connectivity index (χ0) is 22.9. The van der Waals surface area contributed by atoms with Crippen molar-refractivity contribution in [3.63, 3.8) is 0 Å². The number of nitrogens with zero attached hydrogens (tertiary/aromatic N) is 2. The zero-order valence-corrected chi connectivity index (χ0v) is 19.4. The predicted octanol–water partition coefficient (Wildman–Crippen LogP) is 3.28. The number of hydrogen-bond acceptors (Lipinski definition) is 6.